The maximum atomic E-state index is 12.1. The zero-order valence-electron chi connectivity index (χ0n) is 8.66. The van der Waals surface area contributed by atoms with Gasteiger partial charge < -0.3 is 9.47 Å². The van der Waals surface area contributed by atoms with E-state index >= 15 is 0 Å². The van der Waals surface area contributed by atoms with E-state index in [1.54, 1.807) is 22.6 Å². The molecule has 0 unspecified atom stereocenters. The van der Waals surface area contributed by atoms with Gasteiger partial charge in [-0.25, -0.2) is 13.6 Å². The highest BCUT2D eigenvalue weighted by Gasteiger charge is 2.35. The van der Waals surface area contributed by atoms with Gasteiger partial charge >= 0.3 is 6.36 Å². The molecule has 102 valence electrons. The third-order valence-corrected chi connectivity index (χ3v) is 3.17. The van der Waals surface area contributed by atoms with Gasteiger partial charge in [-0.15, -0.1) is 13.2 Å². The summed E-state index contributed by atoms with van der Waals surface area (Å²) in [5.74, 6) is -1.18. The van der Waals surface area contributed by atoms with Crippen molar-refractivity contribution in [2.45, 2.75) is 11.4 Å². The van der Waals surface area contributed by atoms with Crippen LogP contribution in [0.15, 0.2) is 11.1 Å². The van der Waals surface area contributed by atoms with Gasteiger partial charge in [-0.05, 0) is 22.6 Å². The van der Waals surface area contributed by atoms with E-state index in [2.05, 4.69) is 9.72 Å². The molecule has 0 atom stereocenters. The van der Waals surface area contributed by atoms with Gasteiger partial charge in [0.05, 0.1) is 10.7 Å². The first kappa shape index (κ1) is 15.2. The van der Waals surface area contributed by atoms with E-state index in [1.807, 2.05) is 0 Å². The third-order valence-electron chi connectivity index (χ3n) is 1.56. The number of rotatable bonds is 3. The predicted molar refractivity (Wildman–Crippen MR) is 61.6 cm³/mol. The Labute approximate surface area is 113 Å². The number of pyridine rings is 1. The molecule has 6 nitrogen and oxygen atoms in total. The summed E-state index contributed by atoms with van der Waals surface area (Å²) in [6.45, 7) is 0. The first-order valence-corrected chi connectivity index (χ1v) is 6.70. The minimum absolute atomic E-state index is 0.141. The Kier molecular flexibility index (Phi) is 4.27. The minimum Gasteiger partial charge on any atom is -0.480 e. The quantitative estimate of drug-likeness (QED) is 0.774. The molecule has 11 heteroatoms. The van der Waals surface area contributed by atoms with Crippen LogP contribution in [0, 0.1) is 3.57 Å². The van der Waals surface area contributed by atoms with Gasteiger partial charge in [0, 0.05) is 6.07 Å². The number of halogens is 4. The molecule has 0 aliphatic heterocycles. The standard InChI is InChI=1S/C7H6F3IN2O4S/c1-16-5-3(11)2-4(17-7(8,9)10)6(13-5)18(12,14)15/h2H,1H3,(H2,12,14,15). The molecule has 0 spiro atoms. The SMILES string of the molecule is COc1nc(S(N)(=O)=O)c(OC(F)(F)F)cc1I. The van der Waals surface area contributed by atoms with Crippen LogP contribution >= 0.6 is 22.6 Å². The van der Waals surface area contributed by atoms with Gasteiger partial charge in [0.1, 0.15) is 0 Å². The molecule has 0 saturated heterocycles. The molecule has 1 heterocycles. The van der Waals surface area contributed by atoms with Gasteiger partial charge in [0.15, 0.2) is 5.75 Å². The van der Waals surface area contributed by atoms with Crippen molar-refractivity contribution in [1.29, 1.82) is 0 Å². The van der Waals surface area contributed by atoms with Crippen LogP contribution < -0.4 is 14.6 Å². The van der Waals surface area contributed by atoms with E-state index in [0.29, 0.717) is 0 Å². The zero-order valence-corrected chi connectivity index (χ0v) is 11.6. The molecule has 18 heavy (non-hydrogen) atoms. The van der Waals surface area contributed by atoms with Gasteiger partial charge in [0.25, 0.3) is 10.0 Å². The van der Waals surface area contributed by atoms with Crippen molar-refractivity contribution in [2.24, 2.45) is 5.14 Å². The monoisotopic (exact) mass is 398 g/mol. The highest BCUT2D eigenvalue weighted by Crippen LogP contribution is 2.32. The van der Waals surface area contributed by atoms with Gasteiger partial charge in [-0.3, -0.25) is 0 Å². The molecule has 1 aromatic rings. The maximum Gasteiger partial charge on any atom is 0.573 e. The van der Waals surface area contributed by atoms with Gasteiger partial charge in [-0.1, -0.05) is 0 Å². The highest BCUT2D eigenvalue weighted by molar-refractivity contribution is 14.1. The van der Waals surface area contributed by atoms with E-state index in [9.17, 15) is 21.6 Å². The molecule has 0 saturated carbocycles. The van der Waals surface area contributed by atoms with E-state index < -0.39 is 27.2 Å². The number of nitrogens with two attached hydrogens (primary N) is 1. The second kappa shape index (κ2) is 5.05. The summed E-state index contributed by atoms with van der Waals surface area (Å²) >= 11 is 1.61. The Morgan fingerprint density at radius 2 is 2.00 bits per heavy atom. The molecule has 0 aliphatic rings. The molecular formula is C7H6F3IN2O4S. The van der Waals surface area contributed by atoms with Gasteiger partial charge in [-0.2, -0.15) is 4.98 Å². The van der Waals surface area contributed by atoms with Crippen LogP contribution in [0.1, 0.15) is 0 Å². The first-order chi connectivity index (χ1) is 8.04. The molecule has 0 radical (unpaired) electrons. The van der Waals surface area contributed by atoms with E-state index in [0.717, 1.165) is 6.07 Å². The number of hydrogen-bond donors (Lipinski definition) is 1. The Morgan fingerprint density at radius 3 is 2.39 bits per heavy atom. The zero-order chi connectivity index (χ0) is 14.1. The molecule has 0 fully saturated rings. The van der Waals surface area contributed by atoms with Crippen LogP contribution in [-0.4, -0.2) is 26.9 Å². The highest BCUT2D eigenvalue weighted by atomic mass is 127. The Bertz CT molecular complexity index is 561. The van der Waals surface area contributed by atoms with Crippen molar-refractivity contribution in [3.05, 3.63) is 9.64 Å². The smallest absolute Gasteiger partial charge is 0.480 e. The van der Waals surface area contributed by atoms with E-state index in [-0.39, 0.29) is 9.45 Å². The number of sulfonamides is 1. The van der Waals surface area contributed by atoms with E-state index in [4.69, 9.17) is 9.88 Å². The average molecular weight is 398 g/mol. The van der Waals surface area contributed by atoms with Crippen LogP contribution in [0.25, 0.3) is 0 Å². The molecule has 2 N–H and O–H groups in total. The van der Waals surface area contributed by atoms with Crippen molar-refractivity contribution in [1.82, 2.24) is 4.98 Å². The fourth-order valence-electron chi connectivity index (χ4n) is 0.984. The van der Waals surface area contributed by atoms with Crippen molar-refractivity contribution in [2.75, 3.05) is 7.11 Å². The maximum absolute atomic E-state index is 12.1. The Balaban J connectivity index is 3.45. The molecule has 0 bridgehead atoms. The van der Waals surface area contributed by atoms with Crippen molar-refractivity contribution >= 4 is 32.6 Å². The summed E-state index contributed by atoms with van der Waals surface area (Å²) < 4.78 is 67.0. The van der Waals surface area contributed by atoms with Gasteiger partial charge in [0.2, 0.25) is 10.9 Å². The topological polar surface area (TPSA) is 91.5 Å². The number of alkyl halides is 3. The van der Waals surface area contributed by atoms with Crippen molar-refractivity contribution in [3.8, 4) is 11.6 Å². The summed E-state index contributed by atoms with van der Waals surface area (Å²) in [5.41, 5.74) is 0. The van der Waals surface area contributed by atoms with E-state index in [1.165, 1.54) is 7.11 Å². The predicted octanol–water partition coefficient (Wildman–Crippen LogP) is 1.24. The van der Waals surface area contributed by atoms with Crippen LogP contribution in [0.3, 0.4) is 0 Å². The average Bonchev–Trinajstić information content (AvgIpc) is 2.13. The fourth-order valence-corrected chi connectivity index (χ4v) is 2.20. The number of methoxy groups -OCH3 is 1. The molecule has 1 rings (SSSR count). The van der Waals surface area contributed by atoms with Crippen LogP contribution in [0.4, 0.5) is 13.2 Å². The normalized spacial score (nSPS) is 12.3. The van der Waals surface area contributed by atoms with Crippen LogP contribution in [0.5, 0.6) is 11.6 Å². The minimum atomic E-state index is -5.06. The Hall–Kier alpha value is -0.820. The first-order valence-electron chi connectivity index (χ1n) is 4.07. The lowest BCUT2D eigenvalue weighted by Gasteiger charge is -2.13. The number of primary sulfonamides is 1. The summed E-state index contributed by atoms with van der Waals surface area (Å²) in [6, 6.07) is 0.819. The molecule has 1 aromatic heterocycles. The lowest BCUT2D eigenvalue weighted by molar-refractivity contribution is -0.275. The largest absolute Gasteiger partial charge is 0.573 e. The summed E-state index contributed by atoms with van der Waals surface area (Å²) in [4.78, 5) is 3.38. The van der Waals surface area contributed by atoms with Crippen molar-refractivity contribution < 1.29 is 31.1 Å². The number of aromatic nitrogens is 1. The number of ether oxygens (including phenoxy) is 2. The lowest BCUT2D eigenvalue weighted by Crippen LogP contribution is -2.22. The second-order valence-corrected chi connectivity index (χ2v) is 5.51. The van der Waals surface area contributed by atoms with Crippen LogP contribution in [-0.2, 0) is 10.0 Å². The number of hydrogen-bond acceptors (Lipinski definition) is 5. The van der Waals surface area contributed by atoms with Crippen molar-refractivity contribution in [3.63, 3.8) is 0 Å². The summed E-state index contributed by atoms with van der Waals surface area (Å²) in [5, 5.41) is 3.71. The lowest BCUT2D eigenvalue weighted by atomic mass is 10.4. The van der Waals surface area contributed by atoms with Crippen LogP contribution in [0.2, 0.25) is 0 Å². The molecular weight excluding hydrogens is 392 g/mol. The molecule has 0 amide bonds. The Morgan fingerprint density at radius 1 is 1.44 bits per heavy atom. The second-order valence-electron chi connectivity index (χ2n) is 2.88. The summed E-state index contributed by atoms with van der Waals surface area (Å²) in [6.07, 6.45) is -5.06. The number of nitrogens with zero attached hydrogens (tertiary/aromatic N) is 1. The fraction of sp³-hybridized carbons (Fsp3) is 0.286. The molecule has 0 aliphatic carbocycles. The summed E-state index contributed by atoms with van der Waals surface area (Å²) in [7, 11) is -3.29. The third kappa shape index (κ3) is 3.84. The molecule has 0 aromatic carbocycles.